The predicted molar refractivity (Wildman–Crippen MR) is 78.9 cm³/mol. The summed E-state index contributed by atoms with van der Waals surface area (Å²) in [6.07, 6.45) is -4.42. The summed E-state index contributed by atoms with van der Waals surface area (Å²) in [7, 11) is 2.84. The van der Waals surface area contributed by atoms with E-state index in [-0.39, 0.29) is 17.0 Å². The second-order valence-electron chi connectivity index (χ2n) is 4.57. The van der Waals surface area contributed by atoms with Gasteiger partial charge in [0, 0.05) is 5.69 Å². The minimum Gasteiger partial charge on any atom is -0.493 e. The molecule has 1 amide bonds. The van der Waals surface area contributed by atoms with E-state index < -0.39 is 17.6 Å². The van der Waals surface area contributed by atoms with E-state index in [1.165, 1.54) is 32.4 Å². The maximum Gasteiger partial charge on any atom is 0.416 e. The van der Waals surface area contributed by atoms with Crippen molar-refractivity contribution in [3.8, 4) is 11.5 Å². The van der Waals surface area contributed by atoms with Crippen LogP contribution >= 0.6 is 0 Å². The summed E-state index contributed by atoms with van der Waals surface area (Å²) in [5.74, 6) is 0.118. The van der Waals surface area contributed by atoms with Crippen molar-refractivity contribution in [2.75, 3.05) is 19.5 Å². The van der Waals surface area contributed by atoms with E-state index in [4.69, 9.17) is 9.47 Å². The second-order valence-corrected chi connectivity index (χ2v) is 4.57. The fourth-order valence-corrected chi connectivity index (χ4v) is 2.01. The monoisotopic (exact) mass is 325 g/mol. The van der Waals surface area contributed by atoms with E-state index in [1.807, 2.05) is 0 Å². The molecule has 0 fully saturated rings. The number of rotatable bonds is 4. The number of para-hydroxylation sites is 1. The maximum atomic E-state index is 12.5. The zero-order valence-electron chi connectivity index (χ0n) is 12.4. The van der Waals surface area contributed by atoms with Crippen LogP contribution in [0.25, 0.3) is 0 Å². The van der Waals surface area contributed by atoms with Gasteiger partial charge < -0.3 is 14.8 Å². The van der Waals surface area contributed by atoms with Gasteiger partial charge in [-0.15, -0.1) is 0 Å². The number of halogens is 3. The van der Waals surface area contributed by atoms with E-state index in [9.17, 15) is 18.0 Å². The van der Waals surface area contributed by atoms with Gasteiger partial charge in [-0.25, -0.2) is 0 Å². The van der Waals surface area contributed by atoms with E-state index in [0.29, 0.717) is 5.75 Å². The summed E-state index contributed by atoms with van der Waals surface area (Å²) in [6, 6.07) is 8.95. The molecule has 1 N–H and O–H groups in total. The Morgan fingerprint density at radius 1 is 1.00 bits per heavy atom. The van der Waals surface area contributed by atoms with Crippen molar-refractivity contribution in [2.24, 2.45) is 0 Å². The molecule has 7 heteroatoms. The van der Waals surface area contributed by atoms with Crippen LogP contribution in [0.3, 0.4) is 0 Å². The third-order valence-corrected chi connectivity index (χ3v) is 3.12. The number of benzene rings is 2. The van der Waals surface area contributed by atoms with Crippen LogP contribution in [0.5, 0.6) is 11.5 Å². The molecule has 2 rings (SSSR count). The van der Waals surface area contributed by atoms with Crippen LogP contribution in [0.2, 0.25) is 0 Å². The molecule has 122 valence electrons. The molecule has 0 unspecified atom stereocenters. The lowest BCUT2D eigenvalue weighted by molar-refractivity contribution is -0.137. The normalized spacial score (nSPS) is 11.0. The van der Waals surface area contributed by atoms with Gasteiger partial charge in [-0.2, -0.15) is 13.2 Å². The zero-order valence-corrected chi connectivity index (χ0v) is 12.4. The largest absolute Gasteiger partial charge is 0.493 e. The molecule has 23 heavy (non-hydrogen) atoms. The third-order valence-electron chi connectivity index (χ3n) is 3.12. The fraction of sp³-hybridized carbons (Fsp3) is 0.188. The summed E-state index contributed by atoms with van der Waals surface area (Å²) in [4.78, 5) is 12.3. The van der Waals surface area contributed by atoms with Gasteiger partial charge in [0.25, 0.3) is 5.91 Å². The molecule has 4 nitrogen and oxygen atoms in total. The molecule has 0 radical (unpaired) electrons. The standard InChI is InChI=1S/C16H14F3NO3/c1-22-13-5-3-4-12(14(13)23-2)15(21)20-11-8-6-10(7-9-11)16(17,18)19/h3-9H,1-2H3,(H,20,21). The lowest BCUT2D eigenvalue weighted by Gasteiger charge is -2.13. The van der Waals surface area contributed by atoms with Crippen LogP contribution in [0.1, 0.15) is 15.9 Å². The number of hydrogen-bond acceptors (Lipinski definition) is 3. The molecule has 0 saturated carbocycles. The number of nitrogens with one attached hydrogen (secondary N) is 1. The number of carbonyl (C=O) groups excluding carboxylic acids is 1. The highest BCUT2D eigenvalue weighted by molar-refractivity contribution is 6.06. The smallest absolute Gasteiger partial charge is 0.416 e. The Morgan fingerprint density at radius 2 is 1.65 bits per heavy atom. The van der Waals surface area contributed by atoms with E-state index in [1.54, 1.807) is 12.1 Å². The van der Waals surface area contributed by atoms with Gasteiger partial charge in [-0.3, -0.25) is 4.79 Å². The Morgan fingerprint density at radius 3 is 2.17 bits per heavy atom. The Hall–Kier alpha value is -2.70. The summed E-state index contributed by atoms with van der Waals surface area (Å²) in [5, 5.41) is 2.52. The van der Waals surface area contributed by atoms with E-state index in [0.717, 1.165) is 12.1 Å². The quantitative estimate of drug-likeness (QED) is 0.925. The molecule has 0 aliphatic carbocycles. The highest BCUT2D eigenvalue weighted by atomic mass is 19.4. The van der Waals surface area contributed by atoms with Crippen LogP contribution in [0, 0.1) is 0 Å². The average molecular weight is 325 g/mol. The van der Waals surface area contributed by atoms with Gasteiger partial charge in [0.2, 0.25) is 0 Å². The summed E-state index contributed by atoms with van der Waals surface area (Å²) in [6.45, 7) is 0. The van der Waals surface area contributed by atoms with Crippen molar-refractivity contribution < 1.29 is 27.4 Å². The van der Waals surface area contributed by atoms with Crippen LogP contribution in [-0.2, 0) is 6.18 Å². The maximum absolute atomic E-state index is 12.5. The minimum atomic E-state index is -4.42. The average Bonchev–Trinajstić information content (AvgIpc) is 2.53. The van der Waals surface area contributed by atoms with E-state index in [2.05, 4.69) is 5.32 Å². The second kappa shape index (κ2) is 6.60. The van der Waals surface area contributed by atoms with Gasteiger partial charge in [-0.1, -0.05) is 6.07 Å². The van der Waals surface area contributed by atoms with Gasteiger partial charge in [0.05, 0.1) is 25.3 Å². The Bertz CT molecular complexity index is 697. The van der Waals surface area contributed by atoms with Crippen LogP contribution in [-0.4, -0.2) is 20.1 Å². The zero-order chi connectivity index (χ0) is 17.0. The van der Waals surface area contributed by atoms with Gasteiger partial charge in [-0.05, 0) is 36.4 Å². The third kappa shape index (κ3) is 3.74. The molecular weight excluding hydrogens is 311 g/mol. The van der Waals surface area contributed by atoms with E-state index >= 15 is 0 Å². The van der Waals surface area contributed by atoms with Gasteiger partial charge in [0.1, 0.15) is 0 Å². The molecule has 2 aromatic carbocycles. The summed E-state index contributed by atoms with van der Waals surface area (Å²) < 4.78 is 47.8. The van der Waals surface area contributed by atoms with Crippen LogP contribution in [0.4, 0.5) is 18.9 Å². The number of alkyl halides is 3. The first-order chi connectivity index (χ1) is 10.9. The predicted octanol–water partition coefficient (Wildman–Crippen LogP) is 3.97. The molecule has 0 aliphatic rings. The Balaban J connectivity index is 2.23. The number of carbonyl (C=O) groups is 1. The molecule has 0 saturated heterocycles. The Kier molecular flexibility index (Phi) is 4.78. The summed E-state index contributed by atoms with van der Waals surface area (Å²) >= 11 is 0. The highest BCUT2D eigenvalue weighted by Crippen LogP contribution is 2.32. The minimum absolute atomic E-state index is 0.215. The number of anilines is 1. The van der Waals surface area contributed by atoms with Crippen molar-refractivity contribution in [2.45, 2.75) is 6.18 Å². The number of ether oxygens (including phenoxy) is 2. The summed E-state index contributed by atoms with van der Waals surface area (Å²) in [5.41, 5.74) is -0.325. The molecule has 0 aromatic heterocycles. The molecule has 0 aliphatic heterocycles. The van der Waals surface area contributed by atoms with Gasteiger partial charge >= 0.3 is 6.18 Å². The first-order valence-corrected chi connectivity index (χ1v) is 6.56. The molecule has 2 aromatic rings. The topological polar surface area (TPSA) is 47.6 Å². The molecule has 0 heterocycles. The van der Waals surface area contributed by atoms with Crippen molar-refractivity contribution >= 4 is 11.6 Å². The van der Waals surface area contributed by atoms with Crippen molar-refractivity contribution in [1.29, 1.82) is 0 Å². The molecule has 0 spiro atoms. The molecular formula is C16H14F3NO3. The van der Waals surface area contributed by atoms with Crippen LogP contribution in [0.15, 0.2) is 42.5 Å². The number of hydrogen-bond donors (Lipinski definition) is 1. The highest BCUT2D eigenvalue weighted by Gasteiger charge is 2.30. The fourth-order valence-electron chi connectivity index (χ4n) is 2.01. The van der Waals surface area contributed by atoms with Gasteiger partial charge in [0.15, 0.2) is 11.5 Å². The molecule has 0 bridgehead atoms. The first-order valence-electron chi connectivity index (χ1n) is 6.56. The first kappa shape index (κ1) is 16.7. The Labute approximate surface area is 130 Å². The lowest BCUT2D eigenvalue weighted by atomic mass is 10.1. The number of methoxy groups -OCH3 is 2. The lowest BCUT2D eigenvalue weighted by Crippen LogP contribution is -2.14. The van der Waals surface area contributed by atoms with Crippen LogP contribution < -0.4 is 14.8 Å². The van der Waals surface area contributed by atoms with Crippen molar-refractivity contribution in [3.63, 3.8) is 0 Å². The SMILES string of the molecule is COc1cccc(C(=O)Nc2ccc(C(F)(F)F)cc2)c1OC. The van der Waals surface area contributed by atoms with Crippen molar-refractivity contribution in [3.05, 3.63) is 53.6 Å². The molecule has 0 atom stereocenters. The van der Waals surface area contributed by atoms with Crippen molar-refractivity contribution in [1.82, 2.24) is 0 Å². The number of amides is 1.